The van der Waals surface area contributed by atoms with E-state index >= 15 is 0 Å². The Labute approximate surface area is 235 Å². The third-order valence-electron chi connectivity index (χ3n) is 7.88. The molecule has 0 bridgehead atoms. The monoisotopic (exact) mass is 568 g/mol. The molecule has 0 radical (unpaired) electrons. The number of pyridine rings is 1. The summed E-state index contributed by atoms with van der Waals surface area (Å²) in [6.07, 6.45) is 5.56. The number of alkyl halides is 3. The minimum absolute atomic E-state index is 0.0926. The van der Waals surface area contributed by atoms with E-state index in [4.69, 9.17) is 0 Å². The van der Waals surface area contributed by atoms with Crippen molar-refractivity contribution < 1.29 is 27.9 Å². The number of carbonyl (C=O) groups excluding carboxylic acids is 2. The van der Waals surface area contributed by atoms with Crippen LogP contribution in [0, 0.1) is 0 Å². The quantitative estimate of drug-likeness (QED) is 0.400. The summed E-state index contributed by atoms with van der Waals surface area (Å²) in [6.45, 7) is 1.13. The minimum Gasteiger partial charge on any atom is -0.384 e. The van der Waals surface area contributed by atoms with Crippen molar-refractivity contribution in [1.29, 1.82) is 0 Å². The molecule has 0 unspecified atom stereocenters. The van der Waals surface area contributed by atoms with Gasteiger partial charge in [-0.1, -0.05) is 12.1 Å². The Kier molecular flexibility index (Phi) is 8.32. The number of rotatable bonds is 7. The number of aromatic nitrogens is 3. The lowest BCUT2D eigenvalue weighted by atomic mass is 9.79. The van der Waals surface area contributed by atoms with E-state index in [0.29, 0.717) is 25.1 Å². The number of amides is 2. The number of nitrogens with zero attached hydrogens (tertiary/aromatic N) is 4. The van der Waals surface area contributed by atoms with E-state index < -0.39 is 29.2 Å². The van der Waals surface area contributed by atoms with E-state index in [2.05, 4.69) is 30.5 Å². The summed E-state index contributed by atoms with van der Waals surface area (Å²) in [5.41, 5.74) is 0.315. The van der Waals surface area contributed by atoms with Gasteiger partial charge in [0, 0.05) is 60.5 Å². The van der Waals surface area contributed by atoms with Gasteiger partial charge in [-0.3, -0.25) is 19.5 Å². The van der Waals surface area contributed by atoms with Crippen LogP contribution in [0.15, 0.2) is 61.3 Å². The summed E-state index contributed by atoms with van der Waals surface area (Å²) in [4.78, 5) is 39.6. The first-order chi connectivity index (χ1) is 19.6. The number of hydrogen-bond acceptors (Lipinski definition) is 7. The van der Waals surface area contributed by atoms with Crippen LogP contribution in [-0.2, 0) is 16.6 Å². The maximum Gasteiger partial charge on any atom is 0.416 e. The van der Waals surface area contributed by atoms with E-state index in [-0.39, 0.29) is 24.2 Å². The van der Waals surface area contributed by atoms with Gasteiger partial charge < -0.3 is 15.7 Å². The third kappa shape index (κ3) is 6.88. The van der Waals surface area contributed by atoms with Crippen LogP contribution in [0.3, 0.4) is 0 Å². The lowest BCUT2D eigenvalue weighted by Gasteiger charge is -2.39. The molecule has 1 aliphatic carbocycles. The number of carbonyl (C=O) groups is 2. The van der Waals surface area contributed by atoms with E-state index in [1.54, 1.807) is 18.6 Å². The van der Waals surface area contributed by atoms with Gasteiger partial charge in [0.15, 0.2) is 0 Å². The highest BCUT2D eigenvalue weighted by atomic mass is 19.4. The SMILES string of the molecule is O=C(CNC(=O)c1cccc(C(F)(F)F)c1)N[C@@H]1CCN(C2CCC(O)(c3ccc(-c4cncnc4)cn3)CC2)C1. The van der Waals surface area contributed by atoms with Crippen molar-refractivity contribution >= 4 is 11.8 Å². The Morgan fingerprint density at radius 2 is 1.78 bits per heavy atom. The van der Waals surface area contributed by atoms with Crippen LogP contribution in [0.5, 0.6) is 0 Å². The van der Waals surface area contributed by atoms with Crippen molar-refractivity contribution in [3.05, 3.63) is 78.1 Å². The molecule has 2 aromatic heterocycles. The molecular weight excluding hydrogens is 537 g/mol. The molecule has 1 aliphatic heterocycles. The van der Waals surface area contributed by atoms with E-state index in [0.717, 1.165) is 55.1 Å². The summed E-state index contributed by atoms with van der Waals surface area (Å²) in [5.74, 6) is -1.14. The number of aliphatic hydroxyl groups is 1. The van der Waals surface area contributed by atoms with E-state index in [1.165, 1.54) is 12.4 Å². The van der Waals surface area contributed by atoms with Gasteiger partial charge in [-0.15, -0.1) is 0 Å². The zero-order valence-corrected chi connectivity index (χ0v) is 22.3. The highest BCUT2D eigenvalue weighted by Crippen LogP contribution is 2.39. The van der Waals surface area contributed by atoms with Crippen molar-refractivity contribution in [1.82, 2.24) is 30.5 Å². The van der Waals surface area contributed by atoms with Crippen molar-refractivity contribution in [2.75, 3.05) is 19.6 Å². The van der Waals surface area contributed by atoms with E-state index in [9.17, 15) is 27.9 Å². The normalized spacial score (nSPS) is 23.2. The van der Waals surface area contributed by atoms with Crippen LogP contribution in [0.4, 0.5) is 13.2 Å². The molecule has 1 atom stereocenters. The fourth-order valence-electron chi connectivity index (χ4n) is 5.60. The Morgan fingerprint density at radius 3 is 2.46 bits per heavy atom. The standard InChI is InChI=1S/C29H31F3N6O3/c30-29(31,32)22-3-1-2-19(12-22)27(40)36-16-26(39)37-23-8-11-38(17-23)24-6-9-28(41,10-7-24)25-5-4-20(15-35-25)21-13-33-18-34-14-21/h1-5,12-15,18,23-24,41H,6-11,16-17H2,(H,36,40)(H,37,39)/t23-,24?,28?/m1/s1. The van der Waals surface area contributed by atoms with Gasteiger partial charge in [-0.05, 0) is 56.4 Å². The van der Waals surface area contributed by atoms with Gasteiger partial charge in [-0.2, -0.15) is 13.2 Å². The zero-order chi connectivity index (χ0) is 29.0. The molecule has 216 valence electrons. The maximum atomic E-state index is 12.9. The molecule has 1 aromatic carbocycles. The molecule has 3 heterocycles. The van der Waals surface area contributed by atoms with Crippen LogP contribution in [-0.4, -0.2) is 68.5 Å². The zero-order valence-electron chi connectivity index (χ0n) is 22.3. The molecule has 1 saturated heterocycles. The van der Waals surface area contributed by atoms with E-state index in [1.807, 2.05) is 12.1 Å². The molecule has 2 amide bonds. The summed E-state index contributed by atoms with van der Waals surface area (Å²) in [6, 6.07) is 8.04. The number of benzene rings is 1. The second kappa shape index (κ2) is 11.9. The second-order valence-electron chi connectivity index (χ2n) is 10.6. The lowest BCUT2D eigenvalue weighted by Crippen LogP contribution is -2.45. The first-order valence-corrected chi connectivity index (χ1v) is 13.5. The van der Waals surface area contributed by atoms with Crippen molar-refractivity contribution in [2.45, 2.75) is 56.0 Å². The summed E-state index contributed by atoms with van der Waals surface area (Å²) >= 11 is 0. The van der Waals surface area contributed by atoms with Crippen LogP contribution >= 0.6 is 0 Å². The Hall–Kier alpha value is -3.90. The van der Waals surface area contributed by atoms with Crippen LogP contribution in [0.2, 0.25) is 0 Å². The van der Waals surface area contributed by atoms with Crippen LogP contribution < -0.4 is 10.6 Å². The maximum absolute atomic E-state index is 12.9. The predicted molar refractivity (Wildman–Crippen MR) is 143 cm³/mol. The largest absolute Gasteiger partial charge is 0.416 e. The molecule has 12 heteroatoms. The molecule has 0 spiro atoms. The first-order valence-electron chi connectivity index (χ1n) is 13.5. The van der Waals surface area contributed by atoms with Gasteiger partial charge in [-0.25, -0.2) is 9.97 Å². The fourth-order valence-corrected chi connectivity index (χ4v) is 5.60. The molecule has 3 aromatic rings. The van der Waals surface area contributed by atoms with Gasteiger partial charge in [0.2, 0.25) is 5.91 Å². The minimum atomic E-state index is -4.56. The van der Waals surface area contributed by atoms with Crippen LogP contribution in [0.1, 0.15) is 53.7 Å². The average Bonchev–Trinajstić information content (AvgIpc) is 3.44. The number of nitrogens with one attached hydrogen (secondary N) is 2. The van der Waals surface area contributed by atoms with Crippen molar-refractivity contribution in [2.24, 2.45) is 0 Å². The Bertz CT molecular complexity index is 1360. The molecule has 2 fully saturated rings. The average molecular weight is 569 g/mol. The summed E-state index contributed by atoms with van der Waals surface area (Å²) in [5, 5.41) is 16.6. The lowest BCUT2D eigenvalue weighted by molar-refractivity contribution is -0.137. The Balaban J connectivity index is 1.07. The highest BCUT2D eigenvalue weighted by Gasteiger charge is 2.39. The molecule has 2 aliphatic rings. The Morgan fingerprint density at radius 1 is 1.02 bits per heavy atom. The second-order valence-corrected chi connectivity index (χ2v) is 10.6. The molecule has 9 nitrogen and oxygen atoms in total. The summed E-state index contributed by atoms with van der Waals surface area (Å²) in [7, 11) is 0. The highest BCUT2D eigenvalue weighted by molar-refractivity contribution is 5.96. The smallest absolute Gasteiger partial charge is 0.384 e. The number of hydrogen-bond donors (Lipinski definition) is 3. The van der Waals surface area contributed by atoms with Crippen molar-refractivity contribution in [3.63, 3.8) is 0 Å². The first kappa shape index (κ1) is 28.6. The molecule has 5 rings (SSSR count). The fraction of sp³-hybridized carbons (Fsp3) is 0.414. The number of halogens is 3. The van der Waals surface area contributed by atoms with Gasteiger partial charge in [0.05, 0.1) is 17.8 Å². The van der Waals surface area contributed by atoms with Crippen LogP contribution in [0.25, 0.3) is 11.1 Å². The predicted octanol–water partition coefficient (Wildman–Crippen LogP) is 3.31. The van der Waals surface area contributed by atoms with Gasteiger partial charge in [0.25, 0.3) is 5.91 Å². The molecule has 3 N–H and O–H groups in total. The topological polar surface area (TPSA) is 120 Å². The summed E-state index contributed by atoms with van der Waals surface area (Å²) < 4.78 is 38.7. The molecule has 1 saturated carbocycles. The van der Waals surface area contributed by atoms with Gasteiger partial charge in [0.1, 0.15) is 11.9 Å². The van der Waals surface area contributed by atoms with Gasteiger partial charge >= 0.3 is 6.18 Å². The molecule has 41 heavy (non-hydrogen) atoms. The molecular formula is C29H31F3N6O3. The number of likely N-dealkylation sites (tertiary alicyclic amines) is 1. The van der Waals surface area contributed by atoms with Crippen molar-refractivity contribution in [3.8, 4) is 11.1 Å². The third-order valence-corrected chi connectivity index (χ3v) is 7.88.